The van der Waals surface area contributed by atoms with Gasteiger partial charge in [0, 0.05) is 48.0 Å². The molecule has 0 spiro atoms. The minimum absolute atomic E-state index is 0.106. The summed E-state index contributed by atoms with van der Waals surface area (Å²) in [5, 5.41) is 0. The Labute approximate surface area is 195 Å². The number of benzene rings is 3. The molecule has 0 atom stereocenters. The zero-order chi connectivity index (χ0) is 22.6. The van der Waals surface area contributed by atoms with Crippen LogP contribution in [0.25, 0.3) is 0 Å². The van der Waals surface area contributed by atoms with Crippen molar-refractivity contribution < 1.29 is 4.79 Å². The first kappa shape index (κ1) is 22.3. The van der Waals surface area contributed by atoms with Gasteiger partial charge in [-0.05, 0) is 65.4 Å². The number of hydrogen-bond acceptors (Lipinski definition) is 4. The van der Waals surface area contributed by atoms with Gasteiger partial charge in [-0.15, -0.1) is 0 Å². The van der Waals surface area contributed by atoms with E-state index in [1.54, 1.807) is 0 Å². The fraction of sp³-hybridized carbons (Fsp3) is 0.296. The highest BCUT2D eigenvalue weighted by atomic mass is 32.2. The number of carbonyl (C=O) groups is 1. The molecule has 4 nitrogen and oxygen atoms in total. The van der Waals surface area contributed by atoms with E-state index in [1.807, 2.05) is 35.2 Å². The van der Waals surface area contributed by atoms with E-state index in [9.17, 15) is 4.79 Å². The van der Waals surface area contributed by atoms with Crippen LogP contribution >= 0.6 is 11.9 Å². The zero-order valence-corrected chi connectivity index (χ0v) is 19.9. The van der Waals surface area contributed by atoms with Crippen LogP contribution < -0.4 is 9.62 Å². The molecule has 0 saturated carbocycles. The van der Waals surface area contributed by atoms with Gasteiger partial charge in [-0.3, -0.25) is 4.79 Å². The maximum absolute atomic E-state index is 13.1. The molecule has 1 amide bonds. The van der Waals surface area contributed by atoms with E-state index >= 15 is 0 Å². The number of rotatable bonds is 5. The standard InChI is InChI=1S/C27H31N3OS/c1-27(2,3)22-12-14-23(15-13-22)28-32-25-11-7-8-21(20-25)26(31)30-18-16-29(17-19-30)24-9-5-4-6-10-24/h4-15,20,28H,16-19H2,1-3H3. The van der Waals surface area contributed by atoms with Crippen LogP contribution in [0.1, 0.15) is 36.7 Å². The topological polar surface area (TPSA) is 35.6 Å². The largest absolute Gasteiger partial charge is 0.368 e. The number of hydrogen-bond donors (Lipinski definition) is 1. The summed E-state index contributed by atoms with van der Waals surface area (Å²) in [6.07, 6.45) is 0. The summed E-state index contributed by atoms with van der Waals surface area (Å²) in [5.41, 5.74) is 4.48. The quantitative estimate of drug-likeness (QED) is 0.484. The molecule has 3 aromatic rings. The Morgan fingerprint density at radius 2 is 1.53 bits per heavy atom. The van der Waals surface area contributed by atoms with Crippen LogP contribution in [0, 0.1) is 0 Å². The predicted octanol–water partition coefficient (Wildman–Crippen LogP) is 6.07. The lowest BCUT2D eigenvalue weighted by Gasteiger charge is -2.36. The molecule has 0 aliphatic carbocycles. The molecule has 32 heavy (non-hydrogen) atoms. The van der Waals surface area contributed by atoms with Crippen molar-refractivity contribution in [1.29, 1.82) is 0 Å². The van der Waals surface area contributed by atoms with E-state index in [0.29, 0.717) is 0 Å². The minimum Gasteiger partial charge on any atom is -0.368 e. The van der Waals surface area contributed by atoms with Crippen LogP contribution in [0.3, 0.4) is 0 Å². The Balaban J connectivity index is 1.34. The third-order valence-electron chi connectivity index (χ3n) is 5.81. The minimum atomic E-state index is 0.106. The van der Waals surface area contributed by atoms with Crippen molar-refractivity contribution in [2.24, 2.45) is 0 Å². The lowest BCUT2D eigenvalue weighted by Crippen LogP contribution is -2.48. The van der Waals surface area contributed by atoms with Crippen molar-refractivity contribution in [3.63, 3.8) is 0 Å². The molecule has 1 saturated heterocycles. The summed E-state index contributed by atoms with van der Waals surface area (Å²) < 4.78 is 3.39. The Hall–Kier alpha value is -2.92. The predicted molar refractivity (Wildman–Crippen MR) is 136 cm³/mol. The molecule has 0 unspecified atom stereocenters. The summed E-state index contributed by atoms with van der Waals surface area (Å²) in [6.45, 7) is 9.84. The number of carbonyl (C=O) groups excluding carboxylic acids is 1. The number of amides is 1. The molecule has 1 aliphatic rings. The van der Waals surface area contributed by atoms with Crippen LogP contribution in [-0.4, -0.2) is 37.0 Å². The summed E-state index contributed by atoms with van der Waals surface area (Å²) in [5.74, 6) is 0.106. The van der Waals surface area contributed by atoms with E-state index in [1.165, 1.54) is 23.2 Å². The molecule has 1 aliphatic heterocycles. The molecule has 0 aromatic heterocycles. The van der Waals surface area contributed by atoms with Crippen LogP contribution in [0.4, 0.5) is 11.4 Å². The van der Waals surface area contributed by atoms with Crippen molar-refractivity contribution in [3.05, 3.63) is 90.0 Å². The van der Waals surface area contributed by atoms with Crippen molar-refractivity contribution in [1.82, 2.24) is 4.90 Å². The average molecular weight is 446 g/mol. The highest BCUT2D eigenvalue weighted by Crippen LogP contribution is 2.27. The van der Waals surface area contributed by atoms with Gasteiger partial charge in [0.15, 0.2) is 0 Å². The molecule has 5 heteroatoms. The summed E-state index contributed by atoms with van der Waals surface area (Å²) in [6, 6.07) is 26.8. The van der Waals surface area contributed by atoms with Gasteiger partial charge >= 0.3 is 0 Å². The summed E-state index contributed by atoms with van der Waals surface area (Å²) in [4.78, 5) is 18.4. The van der Waals surface area contributed by atoms with Gasteiger partial charge in [-0.1, -0.05) is 57.2 Å². The first-order chi connectivity index (χ1) is 15.4. The average Bonchev–Trinajstić information content (AvgIpc) is 2.83. The maximum Gasteiger partial charge on any atom is 0.254 e. The highest BCUT2D eigenvalue weighted by molar-refractivity contribution is 8.00. The van der Waals surface area contributed by atoms with Gasteiger partial charge in [-0.25, -0.2) is 0 Å². The Morgan fingerprint density at radius 1 is 0.844 bits per heavy atom. The van der Waals surface area contributed by atoms with Crippen molar-refractivity contribution in [2.45, 2.75) is 31.1 Å². The lowest BCUT2D eigenvalue weighted by molar-refractivity contribution is 0.0746. The fourth-order valence-electron chi connectivity index (χ4n) is 3.84. The first-order valence-electron chi connectivity index (χ1n) is 11.1. The number of nitrogens with one attached hydrogen (secondary N) is 1. The van der Waals surface area contributed by atoms with Gasteiger partial charge in [0.1, 0.15) is 0 Å². The Kier molecular flexibility index (Phi) is 6.75. The molecule has 0 bridgehead atoms. The van der Waals surface area contributed by atoms with Gasteiger partial charge in [0.2, 0.25) is 0 Å². The molecule has 1 fully saturated rings. The van der Waals surface area contributed by atoms with Gasteiger partial charge in [0.25, 0.3) is 5.91 Å². The highest BCUT2D eigenvalue weighted by Gasteiger charge is 2.22. The molecule has 4 rings (SSSR count). The molecule has 1 N–H and O–H groups in total. The van der Waals surface area contributed by atoms with E-state index in [0.717, 1.165) is 42.3 Å². The lowest BCUT2D eigenvalue weighted by atomic mass is 9.87. The number of anilines is 2. The van der Waals surface area contributed by atoms with E-state index < -0.39 is 0 Å². The molecule has 1 heterocycles. The first-order valence-corrected chi connectivity index (χ1v) is 11.9. The maximum atomic E-state index is 13.1. The van der Waals surface area contributed by atoms with Crippen molar-refractivity contribution >= 4 is 29.2 Å². The van der Waals surface area contributed by atoms with Crippen LogP contribution in [-0.2, 0) is 5.41 Å². The summed E-state index contributed by atoms with van der Waals surface area (Å²) >= 11 is 1.53. The summed E-state index contributed by atoms with van der Waals surface area (Å²) in [7, 11) is 0. The van der Waals surface area contributed by atoms with Gasteiger partial charge in [0.05, 0.1) is 0 Å². The fourth-order valence-corrected chi connectivity index (χ4v) is 4.54. The van der Waals surface area contributed by atoms with Gasteiger partial charge < -0.3 is 14.5 Å². The monoisotopic (exact) mass is 445 g/mol. The van der Waals surface area contributed by atoms with E-state index in [2.05, 4.69) is 78.9 Å². The van der Waals surface area contributed by atoms with E-state index in [-0.39, 0.29) is 11.3 Å². The molecular formula is C27H31N3OS. The zero-order valence-electron chi connectivity index (χ0n) is 19.0. The third kappa shape index (κ3) is 5.46. The van der Waals surface area contributed by atoms with Crippen LogP contribution in [0.5, 0.6) is 0 Å². The molecule has 0 radical (unpaired) electrons. The SMILES string of the molecule is CC(C)(C)c1ccc(NSc2cccc(C(=O)N3CCN(c4ccccc4)CC3)c2)cc1. The third-order valence-corrected chi connectivity index (χ3v) is 6.63. The smallest absolute Gasteiger partial charge is 0.254 e. The van der Waals surface area contributed by atoms with Crippen molar-refractivity contribution in [2.75, 3.05) is 35.8 Å². The van der Waals surface area contributed by atoms with E-state index in [4.69, 9.17) is 0 Å². The second-order valence-corrected chi connectivity index (χ2v) is 10.1. The second-order valence-electron chi connectivity index (χ2n) is 9.17. The van der Waals surface area contributed by atoms with Gasteiger partial charge in [-0.2, -0.15) is 0 Å². The molecule has 3 aromatic carbocycles. The molecular weight excluding hydrogens is 414 g/mol. The number of piperazine rings is 1. The van der Waals surface area contributed by atoms with Crippen molar-refractivity contribution in [3.8, 4) is 0 Å². The second kappa shape index (κ2) is 9.70. The van der Waals surface area contributed by atoms with Crippen LogP contribution in [0.2, 0.25) is 0 Å². The Bertz CT molecular complexity index is 1040. The molecule has 166 valence electrons. The number of para-hydroxylation sites is 1. The normalized spacial score (nSPS) is 14.3. The van der Waals surface area contributed by atoms with Crippen LogP contribution in [0.15, 0.2) is 83.8 Å². The Morgan fingerprint density at radius 3 is 2.19 bits per heavy atom. The number of nitrogens with zero attached hydrogens (tertiary/aromatic N) is 2.